The van der Waals surface area contributed by atoms with Crippen LogP contribution in [0.2, 0.25) is 0 Å². The van der Waals surface area contributed by atoms with Crippen molar-refractivity contribution in [3.8, 4) is 0 Å². The first-order chi connectivity index (χ1) is 10.1. The van der Waals surface area contributed by atoms with Crippen molar-refractivity contribution >= 4 is 28.8 Å². The Morgan fingerprint density at radius 1 is 1.29 bits per heavy atom. The lowest BCUT2D eigenvalue weighted by Gasteiger charge is -2.32. The van der Waals surface area contributed by atoms with Crippen LogP contribution >= 0.6 is 0 Å². The van der Waals surface area contributed by atoms with Gasteiger partial charge in [0.2, 0.25) is 5.91 Å². The number of aromatic nitrogens is 3. The second-order valence-corrected chi connectivity index (χ2v) is 4.62. The van der Waals surface area contributed by atoms with E-state index in [0.29, 0.717) is 11.0 Å². The Bertz CT molecular complexity index is 740. The van der Waals surface area contributed by atoms with Crippen LogP contribution in [0.5, 0.6) is 0 Å². The van der Waals surface area contributed by atoms with Gasteiger partial charge in [-0.2, -0.15) is 15.4 Å². The molecule has 0 aliphatic carbocycles. The first-order valence-corrected chi connectivity index (χ1v) is 6.17. The first kappa shape index (κ1) is 13.0. The van der Waals surface area contributed by atoms with Gasteiger partial charge in [-0.3, -0.25) is 9.59 Å². The number of aromatic amines is 1. The molecule has 0 spiro atoms. The molecule has 2 aromatic rings. The second kappa shape index (κ2) is 4.85. The summed E-state index contributed by atoms with van der Waals surface area (Å²) >= 11 is 0. The average molecular weight is 289 g/mol. The fraction of sp³-hybridized carbons (Fsp3) is 0.250. The van der Waals surface area contributed by atoms with E-state index in [0.717, 1.165) is 4.90 Å². The number of carboxylic acids is 1. The fourth-order valence-electron chi connectivity index (χ4n) is 2.21. The number of piperazine rings is 1. The van der Waals surface area contributed by atoms with Gasteiger partial charge in [-0.1, -0.05) is 0 Å². The number of hydrogen-bond acceptors (Lipinski definition) is 5. The highest BCUT2D eigenvalue weighted by molar-refractivity contribution is 6.01. The van der Waals surface area contributed by atoms with Gasteiger partial charge in [0.25, 0.3) is 5.91 Å². The van der Waals surface area contributed by atoms with E-state index in [1.807, 2.05) is 0 Å². The molecule has 2 heterocycles. The van der Waals surface area contributed by atoms with Gasteiger partial charge in [0, 0.05) is 12.1 Å². The molecule has 0 radical (unpaired) electrons. The lowest BCUT2D eigenvalue weighted by Crippen LogP contribution is -2.59. The number of benzene rings is 1. The summed E-state index contributed by atoms with van der Waals surface area (Å²) in [5.74, 6) is -2.07. The van der Waals surface area contributed by atoms with E-state index >= 15 is 0 Å². The number of hydrogen-bond donors (Lipinski definition) is 3. The van der Waals surface area contributed by atoms with Gasteiger partial charge < -0.3 is 15.3 Å². The molecule has 1 aromatic heterocycles. The maximum absolute atomic E-state index is 12.4. The van der Waals surface area contributed by atoms with E-state index in [1.165, 1.54) is 12.1 Å². The normalized spacial score (nSPS) is 18.6. The molecule has 3 N–H and O–H groups in total. The number of aliphatic carboxylic acids is 1. The van der Waals surface area contributed by atoms with Crippen molar-refractivity contribution in [3.05, 3.63) is 23.8 Å². The van der Waals surface area contributed by atoms with Crippen LogP contribution in [0.25, 0.3) is 11.0 Å². The standard InChI is InChI=1S/C12H11N5O4/c18-10-5-17(9(4-13-10)12(20)21)11(19)6-1-2-7-8(3-6)15-16-14-7/h1-3,9H,4-5H2,(H,13,18)(H,20,21)(H,14,15,16). The quantitative estimate of drug-likeness (QED) is 0.649. The molecule has 1 saturated heterocycles. The molecule has 0 bridgehead atoms. The third-order valence-electron chi connectivity index (χ3n) is 3.29. The van der Waals surface area contributed by atoms with Gasteiger partial charge >= 0.3 is 5.97 Å². The van der Waals surface area contributed by atoms with Crippen LogP contribution in [-0.4, -0.2) is 62.3 Å². The molecular formula is C12H11N5O4. The van der Waals surface area contributed by atoms with Gasteiger partial charge in [0.05, 0.1) is 0 Å². The zero-order chi connectivity index (χ0) is 15.0. The van der Waals surface area contributed by atoms with Crippen LogP contribution in [0, 0.1) is 0 Å². The zero-order valence-corrected chi connectivity index (χ0v) is 10.7. The molecule has 1 aromatic carbocycles. The van der Waals surface area contributed by atoms with Crippen molar-refractivity contribution in [3.63, 3.8) is 0 Å². The highest BCUT2D eigenvalue weighted by Crippen LogP contribution is 2.15. The van der Waals surface area contributed by atoms with Crippen molar-refractivity contribution in [2.24, 2.45) is 0 Å². The Hall–Kier alpha value is -2.97. The van der Waals surface area contributed by atoms with Crippen molar-refractivity contribution in [2.75, 3.05) is 13.1 Å². The number of H-pyrrole nitrogens is 1. The fourth-order valence-corrected chi connectivity index (χ4v) is 2.21. The average Bonchev–Trinajstić information content (AvgIpc) is 2.93. The minimum atomic E-state index is -1.16. The number of nitrogens with one attached hydrogen (secondary N) is 2. The zero-order valence-electron chi connectivity index (χ0n) is 10.7. The number of carboxylic acid groups (broad SMARTS) is 1. The Morgan fingerprint density at radius 3 is 2.81 bits per heavy atom. The van der Waals surface area contributed by atoms with Crippen LogP contribution in [0.1, 0.15) is 10.4 Å². The van der Waals surface area contributed by atoms with Crippen molar-refractivity contribution in [1.82, 2.24) is 25.6 Å². The lowest BCUT2D eigenvalue weighted by molar-refractivity contribution is -0.144. The van der Waals surface area contributed by atoms with E-state index in [-0.39, 0.29) is 24.6 Å². The third kappa shape index (κ3) is 2.29. The number of carbonyl (C=O) groups is 3. The smallest absolute Gasteiger partial charge is 0.328 e. The molecule has 0 saturated carbocycles. The largest absolute Gasteiger partial charge is 0.480 e. The molecular weight excluding hydrogens is 278 g/mol. The third-order valence-corrected chi connectivity index (χ3v) is 3.29. The maximum Gasteiger partial charge on any atom is 0.328 e. The van der Waals surface area contributed by atoms with E-state index in [2.05, 4.69) is 20.7 Å². The number of nitrogens with zero attached hydrogens (tertiary/aromatic N) is 3. The van der Waals surface area contributed by atoms with E-state index < -0.39 is 17.9 Å². The first-order valence-electron chi connectivity index (χ1n) is 6.17. The summed E-state index contributed by atoms with van der Waals surface area (Å²) in [6.45, 7) is -0.390. The summed E-state index contributed by atoms with van der Waals surface area (Å²) in [6.07, 6.45) is 0. The summed E-state index contributed by atoms with van der Waals surface area (Å²) < 4.78 is 0. The number of carbonyl (C=O) groups excluding carboxylic acids is 2. The van der Waals surface area contributed by atoms with Crippen molar-refractivity contribution in [2.45, 2.75) is 6.04 Å². The highest BCUT2D eigenvalue weighted by Gasteiger charge is 2.35. The van der Waals surface area contributed by atoms with Gasteiger partial charge in [0.1, 0.15) is 23.6 Å². The molecule has 9 heteroatoms. The molecule has 2 amide bonds. The molecule has 1 atom stereocenters. The second-order valence-electron chi connectivity index (χ2n) is 4.62. The predicted molar refractivity (Wildman–Crippen MR) is 69.4 cm³/mol. The monoisotopic (exact) mass is 289 g/mol. The topological polar surface area (TPSA) is 128 Å². The lowest BCUT2D eigenvalue weighted by atomic mass is 10.1. The van der Waals surface area contributed by atoms with Gasteiger partial charge in [-0.05, 0) is 18.2 Å². The molecule has 108 valence electrons. The predicted octanol–water partition coefficient (Wildman–Crippen LogP) is -1.02. The number of amides is 2. The van der Waals surface area contributed by atoms with Crippen LogP contribution < -0.4 is 5.32 Å². The van der Waals surface area contributed by atoms with Crippen LogP contribution in [0.15, 0.2) is 18.2 Å². The van der Waals surface area contributed by atoms with E-state index in [9.17, 15) is 14.4 Å². The number of fused-ring (bicyclic) bond motifs is 1. The summed E-state index contributed by atoms with van der Waals surface area (Å²) in [4.78, 5) is 36.1. The SMILES string of the molecule is O=C1CN(C(=O)c2ccc3n[nH]nc3c2)C(C(=O)O)CN1. The van der Waals surface area contributed by atoms with Crippen LogP contribution in [0.4, 0.5) is 0 Å². The summed E-state index contributed by atoms with van der Waals surface area (Å²) in [6, 6.07) is 3.56. The van der Waals surface area contributed by atoms with Gasteiger partial charge in [0.15, 0.2) is 0 Å². The number of rotatable bonds is 2. The molecule has 1 unspecified atom stereocenters. The Balaban J connectivity index is 1.94. The molecule has 9 nitrogen and oxygen atoms in total. The molecule has 3 rings (SSSR count). The molecule has 1 fully saturated rings. The Morgan fingerprint density at radius 2 is 2.05 bits per heavy atom. The summed E-state index contributed by atoms with van der Waals surface area (Å²) in [5.41, 5.74) is 1.35. The highest BCUT2D eigenvalue weighted by atomic mass is 16.4. The van der Waals surface area contributed by atoms with E-state index in [4.69, 9.17) is 5.11 Å². The maximum atomic E-state index is 12.4. The summed E-state index contributed by atoms with van der Waals surface area (Å²) in [5, 5.41) is 21.8. The van der Waals surface area contributed by atoms with Gasteiger partial charge in [-0.15, -0.1) is 0 Å². The summed E-state index contributed by atoms with van der Waals surface area (Å²) in [7, 11) is 0. The Kier molecular flexibility index (Phi) is 3.01. The van der Waals surface area contributed by atoms with Crippen molar-refractivity contribution < 1.29 is 19.5 Å². The van der Waals surface area contributed by atoms with Gasteiger partial charge in [-0.25, -0.2) is 4.79 Å². The molecule has 1 aliphatic heterocycles. The Labute approximate surface area is 117 Å². The minimum absolute atomic E-state index is 0.105. The molecule has 21 heavy (non-hydrogen) atoms. The van der Waals surface area contributed by atoms with Crippen molar-refractivity contribution in [1.29, 1.82) is 0 Å². The van der Waals surface area contributed by atoms with E-state index in [1.54, 1.807) is 6.07 Å². The molecule has 1 aliphatic rings. The minimum Gasteiger partial charge on any atom is -0.480 e. The van der Waals surface area contributed by atoms with Crippen LogP contribution in [0.3, 0.4) is 0 Å². The van der Waals surface area contributed by atoms with Crippen LogP contribution in [-0.2, 0) is 9.59 Å².